The number of carbonyl (C=O) groups excluding carboxylic acids is 2. The number of furan rings is 1. The summed E-state index contributed by atoms with van der Waals surface area (Å²) in [6.45, 7) is 0. The highest BCUT2D eigenvalue weighted by Gasteiger charge is 2.42. The monoisotopic (exact) mass is 568 g/mol. The van der Waals surface area contributed by atoms with Gasteiger partial charge in [0.2, 0.25) is 11.0 Å². The van der Waals surface area contributed by atoms with Gasteiger partial charge in [-0.2, -0.15) is 5.26 Å². The summed E-state index contributed by atoms with van der Waals surface area (Å²) in [5.74, 6) is 0.313. The summed E-state index contributed by atoms with van der Waals surface area (Å²) in [6, 6.07) is 10.6. The molecule has 1 amide bonds. The summed E-state index contributed by atoms with van der Waals surface area (Å²) in [5, 5.41) is 22.1. The fourth-order valence-electron chi connectivity index (χ4n) is 4.46. The number of nitrogens with two attached hydrogens (primary N) is 1. The number of ether oxygens (including phenoxy) is 1. The lowest BCUT2D eigenvalue weighted by molar-refractivity contribution is -0.116. The summed E-state index contributed by atoms with van der Waals surface area (Å²) in [4.78, 5) is 27.2. The molecule has 3 aromatic rings. The van der Waals surface area contributed by atoms with Gasteiger partial charge in [-0.05, 0) is 43.2 Å². The maximum Gasteiger partial charge on any atom is 0.234 e. The van der Waals surface area contributed by atoms with Crippen LogP contribution >= 0.6 is 34.7 Å². The molecule has 1 unspecified atom stereocenters. The number of aromatic nitrogens is 2. The standard InChI is InChI=1S/C25H21ClN6O4S2/c1-35-18-8-7-13(10-15(18)26)29-20(34)12-37-25-31-30-24(38-25)32-16-4-2-5-17(33)22(16)21(14(11-27)23(32)28)19-6-3-9-36-19/h3,6-10,21H,2,4-5,12,28H2,1H3,(H,29,34). The molecule has 0 saturated carbocycles. The van der Waals surface area contributed by atoms with Crippen molar-refractivity contribution in [2.24, 2.45) is 5.73 Å². The Morgan fingerprint density at radius 2 is 2.24 bits per heavy atom. The minimum absolute atomic E-state index is 0.0488. The third-order valence-electron chi connectivity index (χ3n) is 6.09. The Bertz CT molecular complexity index is 1510. The van der Waals surface area contributed by atoms with Gasteiger partial charge >= 0.3 is 0 Å². The van der Waals surface area contributed by atoms with Crippen molar-refractivity contribution in [2.45, 2.75) is 29.5 Å². The van der Waals surface area contributed by atoms with Crippen LogP contribution in [0.4, 0.5) is 10.8 Å². The van der Waals surface area contributed by atoms with Crippen LogP contribution in [0.1, 0.15) is 30.9 Å². The predicted molar refractivity (Wildman–Crippen MR) is 144 cm³/mol. The number of rotatable bonds is 7. The molecule has 0 bridgehead atoms. The van der Waals surface area contributed by atoms with Crippen molar-refractivity contribution in [1.82, 2.24) is 10.2 Å². The predicted octanol–water partition coefficient (Wildman–Crippen LogP) is 4.83. The number of nitrogens with zero attached hydrogens (tertiary/aromatic N) is 4. The van der Waals surface area contributed by atoms with Gasteiger partial charge in [-0.15, -0.1) is 10.2 Å². The topological polar surface area (TPSA) is 147 Å². The molecule has 2 aromatic heterocycles. The number of hydrogen-bond acceptors (Lipinski definition) is 11. The van der Waals surface area contributed by atoms with Crippen LogP contribution in [0.2, 0.25) is 5.02 Å². The molecule has 3 heterocycles. The Balaban J connectivity index is 1.36. The summed E-state index contributed by atoms with van der Waals surface area (Å²) >= 11 is 8.56. The number of amides is 1. The lowest BCUT2D eigenvalue weighted by Crippen LogP contribution is -2.38. The molecular formula is C25H21ClN6O4S2. The van der Waals surface area contributed by atoms with Gasteiger partial charge in [0, 0.05) is 23.4 Å². The zero-order chi connectivity index (χ0) is 26.8. The number of nitriles is 1. The highest BCUT2D eigenvalue weighted by Crippen LogP contribution is 2.47. The van der Waals surface area contributed by atoms with E-state index in [0.717, 1.165) is 0 Å². The number of benzene rings is 1. The quantitative estimate of drug-likeness (QED) is 0.380. The van der Waals surface area contributed by atoms with Crippen LogP contribution in [0.15, 0.2) is 68.0 Å². The second-order valence-electron chi connectivity index (χ2n) is 8.37. The molecule has 1 aromatic carbocycles. The lowest BCUT2D eigenvalue weighted by Gasteiger charge is -2.37. The fourth-order valence-corrected chi connectivity index (χ4v) is 6.40. The average molecular weight is 569 g/mol. The molecule has 5 rings (SSSR count). The van der Waals surface area contributed by atoms with Crippen molar-refractivity contribution >= 4 is 57.2 Å². The molecule has 1 aliphatic heterocycles. The van der Waals surface area contributed by atoms with Gasteiger partial charge in [0.15, 0.2) is 10.1 Å². The van der Waals surface area contributed by atoms with Crippen molar-refractivity contribution in [1.29, 1.82) is 5.26 Å². The third-order valence-corrected chi connectivity index (χ3v) is 8.43. The van der Waals surface area contributed by atoms with Crippen molar-refractivity contribution in [2.75, 3.05) is 23.1 Å². The van der Waals surface area contributed by atoms with Crippen LogP contribution in [0, 0.1) is 11.3 Å². The summed E-state index contributed by atoms with van der Waals surface area (Å²) in [6.07, 6.45) is 3.14. The first-order valence-electron chi connectivity index (χ1n) is 11.5. The number of allylic oxidation sites excluding steroid dienone is 3. The van der Waals surface area contributed by atoms with Gasteiger partial charge in [0.1, 0.15) is 17.3 Å². The molecule has 0 spiro atoms. The van der Waals surface area contributed by atoms with E-state index in [1.165, 1.54) is 36.5 Å². The number of Topliss-reactive ketones (excluding diaryl/α,β-unsaturated/α-hetero) is 1. The molecule has 13 heteroatoms. The smallest absolute Gasteiger partial charge is 0.234 e. The lowest BCUT2D eigenvalue weighted by atomic mass is 9.78. The fraction of sp³-hybridized carbons (Fsp3) is 0.240. The van der Waals surface area contributed by atoms with Crippen molar-refractivity contribution in [3.05, 3.63) is 70.0 Å². The van der Waals surface area contributed by atoms with Gasteiger partial charge in [-0.3, -0.25) is 14.5 Å². The van der Waals surface area contributed by atoms with Crippen LogP contribution in [-0.2, 0) is 9.59 Å². The van der Waals surface area contributed by atoms with E-state index >= 15 is 0 Å². The second kappa shape index (κ2) is 10.9. The van der Waals surface area contributed by atoms with Crippen molar-refractivity contribution in [3.63, 3.8) is 0 Å². The first kappa shape index (κ1) is 25.8. The number of thioether (sulfide) groups is 1. The molecule has 2 aliphatic rings. The van der Waals surface area contributed by atoms with Crippen molar-refractivity contribution in [3.8, 4) is 11.8 Å². The zero-order valence-electron chi connectivity index (χ0n) is 20.1. The Morgan fingerprint density at radius 1 is 1.39 bits per heavy atom. The zero-order valence-corrected chi connectivity index (χ0v) is 22.5. The minimum atomic E-state index is -0.661. The molecule has 38 heavy (non-hydrogen) atoms. The van der Waals surface area contributed by atoms with E-state index in [0.29, 0.717) is 62.2 Å². The molecule has 0 radical (unpaired) electrons. The van der Waals surface area contributed by atoms with Gasteiger partial charge < -0.3 is 20.2 Å². The number of hydrogen-bond donors (Lipinski definition) is 2. The summed E-state index contributed by atoms with van der Waals surface area (Å²) in [5.41, 5.74) is 8.47. The van der Waals surface area contributed by atoms with Crippen LogP contribution in [-0.4, -0.2) is 34.8 Å². The molecule has 10 nitrogen and oxygen atoms in total. The number of nitrogens with one attached hydrogen (secondary N) is 1. The highest BCUT2D eigenvalue weighted by molar-refractivity contribution is 8.01. The van der Waals surface area contributed by atoms with Crippen molar-refractivity contribution < 1.29 is 18.7 Å². The number of carbonyl (C=O) groups is 2. The number of methoxy groups -OCH3 is 1. The van der Waals surface area contributed by atoms with E-state index in [4.69, 9.17) is 26.5 Å². The molecule has 194 valence electrons. The SMILES string of the molecule is COc1ccc(NC(=O)CSc2nnc(N3C(N)=C(C#N)C(c4ccco4)C4=C3CCCC4=O)s2)cc1Cl. The Hall–Kier alpha value is -3.79. The van der Waals surface area contributed by atoms with E-state index in [1.807, 2.05) is 0 Å². The largest absolute Gasteiger partial charge is 0.495 e. The summed E-state index contributed by atoms with van der Waals surface area (Å²) in [7, 11) is 1.52. The third kappa shape index (κ3) is 4.88. The van der Waals surface area contributed by atoms with E-state index in [-0.39, 0.29) is 28.8 Å². The molecule has 3 N–H and O–H groups in total. The molecule has 0 saturated heterocycles. The first-order chi connectivity index (χ1) is 18.4. The van der Waals surface area contributed by atoms with Gasteiger partial charge in [-0.25, -0.2) is 0 Å². The van der Waals surface area contributed by atoms with Gasteiger partial charge in [0.25, 0.3) is 0 Å². The van der Waals surface area contributed by atoms with Gasteiger partial charge in [0.05, 0.1) is 41.7 Å². The summed E-state index contributed by atoms with van der Waals surface area (Å²) < 4.78 is 11.2. The number of halogens is 1. The van der Waals surface area contributed by atoms with Crippen LogP contribution in [0.3, 0.4) is 0 Å². The first-order valence-corrected chi connectivity index (χ1v) is 13.7. The molecule has 1 aliphatic carbocycles. The average Bonchev–Trinajstić information content (AvgIpc) is 3.60. The van der Waals surface area contributed by atoms with Crippen LogP contribution in [0.25, 0.3) is 0 Å². The molecular weight excluding hydrogens is 548 g/mol. The maximum absolute atomic E-state index is 13.1. The van der Waals surface area contributed by atoms with Crippen LogP contribution < -0.4 is 20.7 Å². The normalized spacial score (nSPS) is 17.3. The Morgan fingerprint density at radius 3 is 2.95 bits per heavy atom. The van der Waals surface area contributed by atoms with E-state index in [9.17, 15) is 14.9 Å². The highest BCUT2D eigenvalue weighted by atomic mass is 35.5. The number of anilines is 2. The van der Waals surface area contributed by atoms with E-state index in [1.54, 1.807) is 35.2 Å². The second-order valence-corrected chi connectivity index (χ2v) is 11.0. The van der Waals surface area contributed by atoms with E-state index < -0.39 is 5.92 Å². The minimum Gasteiger partial charge on any atom is -0.495 e. The number of ketones is 1. The molecule has 0 fully saturated rings. The maximum atomic E-state index is 13.1. The Labute approximate surface area is 231 Å². The van der Waals surface area contributed by atoms with Crippen LogP contribution in [0.5, 0.6) is 5.75 Å². The van der Waals surface area contributed by atoms with Gasteiger partial charge in [-0.1, -0.05) is 34.7 Å². The molecule has 1 atom stereocenters. The Kier molecular flexibility index (Phi) is 7.42. The van der Waals surface area contributed by atoms with E-state index in [2.05, 4.69) is 21.6 Å².